The van der Waals surface area contributed by atoms with Gasteiger partial charge in [-0.3, -0.25) is 0 Å². The predicted molar refractivity (Wildman–Crippen MR) is 59.6 cm³/mol. The Morgan fingerprint density at radius 1 is 0.917 bits per heavy atom. The van der Waals surface area contributed by atoms with Crippen LogP contribution >= 0.6 is 0 Å². The van der Waals surface area contributed by atoms with Crippen molar-refractivity contribution in [2.45, 2.75) is 39.3 Å². The Hall–Kier alpha value is 0.468. The van der Waals surface area contributed by atoms with Gasteiger partial charge in [0.15, 0.2) is 7.11 Å². The molecule has 0 atom stereocenters. The van der Waals surface area contributed by atoms with Gasteiger partial charge in [0.05, 0.1) is 0 Å². The molecule has 0 aliphatic heterocycles. The van der Waals surface area contributed by atoms with Crippen molar-refractivity contribution in [1.82, 2.24) is 0 Å². The molecule has 0 radical (unpaired) electrons. The first-order valence-electron chi connectivity index (χ1n) is 4.16. The lowest BCUT2D eigenvalue weighted by molar-refractivity contribution is 0.572. The van der Waals surface area contributed by atoms with Gasteiger partial charge in [0.2, 0.25) is 7.72 Å². The van der Waals surface area contributed by atoms with Crippen LogP contribution in [0.5, 0.6) is 0 Å². The molecule has 0 aromatic heterocycles. The predicted octanol–water partition coefficient (Wildman–Crippen LogP) is 1.74. The number of hydrogen-bond acceptors (Lipinski definition) is 2. The molecule has 0 rings (SSSR count). The van der Waals surface area contributed by atoms with Crippen molar-refractivity contribution in [3.05, 3.63) is 0 Å². The first-order chi connectivity index (χ1) is 5.10. The summed E-state index contributed by atoms with van der Waals surface area (Å²) >= 11 is 0. The third-order valence-corrected chi connectivity index (χ3v) is 39.0. The molecule has 12 heavy (non-hydrogen) atoms. The van der Waals surface area contributed by atoms with Crippen molar-refractivity contribution < 1.29 is 8.92 Å². The van der Waals surface area contributed by atoms with E-state index in [-0.39, 0.29) is 0 Å². The van der Waals surface area contributed by atoms with Gasteiger partial charge >= 0.3 is 0 Å². The summed E-state index contributed by atoms with van der Waals surface area (Å²) in [5, 5.41) is 0. The Kier molecular flexibility index (Phi) is 3.83. The molecule has 0 fully saturated rings. The molecule has 2 nitrogen and oxygen atoms in total. The summed E-state index contributed by atoms with van der Waals surface area (Å²) in [7, 11) is -6.45. The second kappa shape index (κ2) is 3.68. The second-order valence-corrected chi connectivity index (χ2v) is 34.1. The van der Waals surface area contributed by atoms with Crippen molar-refractivity contribution in [2.24, 2.45) is 0 Å². The van der Waals surface area contributed by atoms with E-state index in [1.807, 2.05) is 13.1 Å². The third kappa shape index (κ3) is 2.75. The molecule has 0 spiro atoms. The molecule has 0 unspecified atom stereocenters. The zero-order valence-corrected chi connectivity index (χ0v) is 12.8. The van der Waals surface area contributed by atoms with Gasteiger partial charge in [-0.15, -0.1) is 0 Å². The molecule has 0 bridgehead atoms. The molecule has 0 aliphatic rings. The number of hydrogen-bond donors (Lipinski definition) is 0. The Bertz CT molecular complexity index is 216. The molecule has 0 amide bonds. The van der Waals surface area contributed by atoms with E-state index in [9.17, 15) is 8.92 Å². The maximum atomic E-state index is 12.1. The van der Waals surface area contributed by atoms with E-state index in [0.29, 0.717) is 0 Å². The highest BCUT2D eigenvalue weighted by atomic mass is 29.8. The Balaban J connectivity index is 4.83. The fourth-order valence-corrected chi connectivity index (χ4v) is 44.5. The zero-order chi connectivity index (χ0) is 10.2. The van der Waals surface area contributed by atoms with Gasteiger partial charge in [0.25, 0.3) is 8.20 Å². The second-order valence-electron chi connectivity index (χ2n) is 4.76. The summed E-state index contributed by atoms with van der Waals surface area (Å²) in [6.07, 6.45) is 0. The number of rotatable bonds is 3. The molecular weight excluding hydrogens is 216 g/mol. The van der Waals surface area contributed by atoms with Gasteiger partial charge in [-0.05, 0) is 6.55 Å². The highest BCUT2D eigenvalue weighted by Crippen LogP contribution is 2.12. The van der Waals surface area contributed by atoms with Crippen molar-refractivity contribution in [2.75, 3.05) is 0 Å². The first kappa shape index (κ1) is 12.5. The van der Waals surface area contributed by atoms with Crippen LogP contribution in [-0.2, 0) is 8.92 Å². The van der Waals surface area contributed by atoms with Crippen molar-refractivity contribution in [1.29, 1.82) is 0 Å². The van der Waals surface area contributed by atoms with E-state index in [1.165, 1.54) is 0 Å². The molecule has 0 aromatic carbocycles. The van der Waals surface area contributed by atoms with Gasteiger partial charge in [0, 0.05) is 0 Å². The maximum Gasteiger partial charge on any atom is 0.257 e. The molecule has 0 heterocycles. The standard InChI is InChI=1S/C6H18O2Si4/c1-9(7)12(5,6)10(8)11(2,3)4/h1-6H3. The van der Waals surface area contributed by atoms with Crippen LogP contribution in [0.15, 0.2) is 0 Å². The smallest absolute Gasteiger partial charge is 0.257 e. The Morgan fingerprint density at radius 2 is 1.25 bits per heavy atom. The summed E-state index contributed by atoms with van der Waals surface area (Å²) < 4.78 is 23.5. The summed E-state index contributed by atoms with van der Waals surface area (Å²) in [6, 6.07) is 0. The minimum Gasteiger partial charge on any atom is -0.397 e. The van der Waals surface area contributed by atoms with Crippen molar-refractivity contribution >= 4 is 30.6 Å². The molecule has 0 aromatic rings. The van der Waals surface area contributed by atoms with Gasteiger partial charge in [-0.1, -0.05) is 32.7 Å². The lowest BCUT2D eigenvalue weighted by Crippen LogP contribution is -2.59. The first-order valence-corrected chi connectivity index (χ1v) is 17.0. The SMILES string of the molecule is C[Si](=O)[Si](C)(C)[Si](=O)[Si](C)(C)C. The van der Waals surface area contributed by atoms with Gasteiger partial charge in [0.1, 0.15) is 7.59 Å². The van der Waals surface area contributed by atoms with E-state index in [4.69, 9.17) is 0 Å². The van der Waals surface area contributed by atoms with Crippen molar-refractivity contribution in [3.63, 3.8) is 0 Å². The van der Waals surface area contributed by atoms with E-state index in [0.717, 1.165) is 0 Å². The highest BCUT2D eigenvalue weighted by Gasteiger charge is 2.45. The molecular formula is C6H18O2Si4. The lowest BCUT2D eigenvalue weighted by atomic mass is 11.8. The topological polar surface area (TPSA) is 34.1 Å². The quantitative estimate of drug-likeness (QED) is 0.697. The van der Waals surface area contributed by atoms with Gasteiger partial charge in [-0.2, -0.15) is 0 Å². The summed E-state index contributed by atoms with van der Waals surface area (Å²) in [5.41, 5.74) is 0. The van der Waals surface area contributed by atoms with E-state index < -0.39 is 30.6 Å². The van der Waals surface area contributed by atoms with Crippen LogP contribution < -0.4 is 0 Å². The van der Waals surface area contributed by atoms with Crippen LogP contribution in [0.4, 0.5) is 0 Å². The molecule has 0 saturated carbocycles. The zero-order valence-electron chi connectivity index (χ0n) is 8.82. The van der Waals surface area contributed by atoms with Crippen LogP contribution in [-0.4, -0.2) is 30.6 Å². The van der Waals surface area contributed by atoms with Crippen LogP contribution in [0.25, 0.3) is 0 Å². The van der Waals surface area contributed by atoms with Gasteiger partial charge < -0.3 is 8.92 Å². The van der Waals surface area contributed by atoms with E-state index >= 15 is 0 Å². The highest BCUT2D eigenvalue weighted by molar-refractivity contribution is 7.68. The van der Waals surface area contributed by atoms with Crippen LogP contribution in [0.3, 0.4) is 0 Å². The summed E-state index contributed by atoms with van der Waals surface area (Å²) in [5.74, 6) is 0. The Labute approximate surface area is 79.1 Å². The monoisotopic (exact) mass is 234 g/mol. The Morgan fingerprint density at radius 3 is 1.33 bits per heavy atom. The third-order valence-electron chi connectivity index (χ3n) is 2.13. The molecule has 0 N–H and O–H groups in total. The minimum atomic E-state index is -1.87. The van der Waals surface area contributed by atoms with Crippen LogP contribution in [0, 0.1) is 0 Å². The fourth-order valence-electron chi connectivity index (χ4n) is 1.10. The van der Waals surface area contributed by atoms with E-state index in [2.05, 4.69) is 19.6 Å². The molecule has 6 heteroatoms. The van der Waals surface area contributed by atoms with Crippen LogP contribution in [0.2, 0.25) is 39.3 Å². The normalized spacial score (nSPS) is 12.8. The lowest BCUT2D eigenvalue weighted by Gasteiger charge is -2.22. The molecule has 0 saturated heterocycles. The average Bonchev–Trinajstić information content (AvgIpc) is 1.83. The molecule has 0 aliphatic carbocycles. The fraction of sp³-hybridized carbons (Fsp3) is 1.00. The van der Waals surface area contributed by atoms with Crippen LogP contribution in [0.1, 0.15) is 0 Å². The van der Waals surface area contributed by atoms with Gasteiger partial charge in [-0.25, -0.2) is 0 Å². The van der Waals surface area contributed by atoms with E-state index in [1.54, 1.807) is 6.55 Å². The summed E-state index contributed by atoms with van der Waals surface area (Å²) in [6.45, 7) is 12.2. The minimum absolute atomic E-state index is 1.52. The summed E-state index contributed by atoms with van der Waals surface area (Å²) in [4.78, 5) is 0. The largest absolute Gasteiger partial charge is 0.397 e. The molecule has 70 valence electrons. The maximum absolute atomic E-state index is 12.1. The average molecular weight is 235 g/mol. The van der Waals surface area contributed by atoms with Crippen molar-refractivity contribution in [3.8, 4) is 0 Å².